The first-order valence-electron chi connectivity index (χ1n) is 13.4. The van der Waals surface area contributed by atoms with Crippen molar-refractivity contribution in [3.63, 3.8) is 0 Å². The molecule has 194 valence electrons. The van der Waals surface area contributed by atoms with Crippen LogP contribution in [0.1, 0.15) is 36.1 Å². The van der Waals surface area contributed by atoms with Crippen molar-refractivity contribution in [2.24, 2.45) is 0 Å². The van der Waals surface area contributed by atoms with Crippen molar-refractivity contribution in [1.29, 1.82) is 0 Å². The van der Waals surface area contributed by atoms with E-state index in [2.05, 4.69) is 50.8 Å². The maximum atomic E-state index is 6.00. The molecular weight excluding hydrogens is 492 g/mol. The van der Waals surface area contributed by atoms with Crippen LogP contribution in [0, 0.1) is 0 Å². The summed E-state index contributed by atoms with van der Waals surface area (Å²) in [7, 11) is 0. The molecular formula is C30H32N6OS. The molecule has 7 nitrogen and oxygen atoms in total. The molecule has 2 aromatic carbocycles. The van der Waals surface area contributed by atoms with Crippen molar-refractivity contribution in [2.45, 2.75) is 38.8 Å². The number of furan rings is 1. The summed E-state index contributed by atoms with van der Waals surface area (Å²) in [6.07, 6.45) is 4.66. The van der Waals surface area contributed by atoms with Crippen LogP contribution in [-0.2, 0) is 19.5 Å². The molecule has 2 aliphatic rings. The molecule has 0 aliphatic carbocycles. The summed E-state index contributed by atoms with van der Waals surface area (Å²) in [5.41, 5.74) is 3.83. The van der Waals surface area contributed by atoms with Gasteiger partial charge in [0.1, 0.15) is 23.2 Å². The zero-order valence-corrected chi connectivity index (χ0v) is 22.2. The summed E-state index contributed by atoms with van der Waals surface area (Å²) in [5.74, 6) is 4.05. The van der Waals surface area contributed by atoms with Crippen LogP contribution in [-0.4, -0.2) is 34.7 Å². The number of piperidine rings is 1. The van der Waals surface area contributed by atoms with Gasteiger partial charge in [-0.3, -0.25) is 0 Å². The van der Waals surface area contributed by atoms with E-state index >= 15 is 0 Å². The van der Waals surface area contributed by atoms with E-state index in [4.69, 9.17) is 26.6 Å². The molecule has 2 aromatic heterocycles. The predicted octanol–water partition coefficient (Wildman–Crippen LogP) is 5.78. The van der Waals surface area contributed by atoms with Crippen LogP contribution in [0.4, 0.5) is 17.6 Å². The minimum atomic E-state index is 0.466. The molecule has 0 bridgehead atoms. The summed E-state index contributed by atoms with van der Waals surface area (Å²) in [4.78, 5) is 14.5. The number of rotatable bonds is 6. The van der Waals surface area contributed by atoms with E-state index in [0.29, 0.717) is 17.6 Å². The molecule has 4 heterocycles. The number of hydrogen-bond acceptors (Lipinski definition) is 6. The first kappa shape index (κ1) is 24.4. The first-order valence-corrected chi connectivity index (χ1v) is 13.8. The van der Waals surface area contributed by atoms with Gasteiger partial charge in [-0.1, -0.05) is 54.6 Å². The van der Waals surface area contributed by atoms with E-state index < -0.39 is 0 Å². The van der Waals surface area contributed by atoms with Crippen LogP contribution in [0.15, 0.2) is 77.2 Å². The van der Waals surface area contributed by atoms with Gasteiger partial charge in [0.15, 0.2) is 5.11 Å². The highest BCUT2D eigenvalue weighted by atomic mass is 32.1. The number of benzene rings is 2. The van der Waals surface area contributed by atoms with Crippen molar-refractivity contribution >= 4 is 34.9 Å². The molecule has 4 aromatic rings. The Morgan fingerprint density at radius 2 is 1.55 bits per heavy atom. The first-order chi connectivity index (χ1) is 18.7. The van der Waals surface area contributed by atoms with Gasteiger partial charge in [-0.05, 0) is 61.2 Å². The van der Waals surface area contributed by atoms with Gasteiger partial charge in [0.25, 0.3) is 0 Å². The quantitative estimate of drug-likeness (QED) is 0.308. The van der Waals surface area contributed by atoms with Crippen LogP contribution in [0.5, 0.6) is 0 Å². The number of nitrogens with one attached hydrogen (secondary N) is 2. The van der Waals surface area contributed by atoms with Crippen molar-refractivity contribution < 1.29 is 4.42 Å². The standard InChI is InChI=1S/C30H32N6OS/c38-30(31-20-25-13-14-26(37-25)23-10-3-1-4-11-23)34-29-32-27(35-16-7-2-8-17-35)19-28(33-29)36-18-15-22-9-5-6-12-24(22)21-36/h1,3-6,9-14,19H,2,7-8,15-18,20-21H2,(H2,31,32,33,34,38). The Hall–Kier alpha value is -3.91. The molecule has 2 N–H and O–H groups in total. The third-order valence-corrected chi connectivity index (χ3v) is 7.45. The molecule has 38 heavy (non-hydrogen) atoms. The van der Waals surface area contributed by atoms with E-state index in [1.165, 1.54) is 30.4 Å². The smallest absolute Gasteiger partial charge is 0.232 e. The topological polar surface area (TPSA) is 69.5 Å². The zero-order valence-electron chi connectivity index (χ0n) is 21.4. The Bertz CT molecular complexity index is 1400. The fourth-order valence-electron chi connectivity index (χ4n) is 5.16. The minimum absolute atomic E-state index is 0.466. The molecule has 0 atom stereocenters. The normalized spacial score (nSPS) is 15.2. The van der Waals surface area contributed by atoms with Gasteiger partial charge < -0.3 is 24.9 Å². The Kier molecular flexibility index (Phi) is 7.22. The molecule has 0 amide bonds. The highest BCUT2D eigenvalue weighted by molar-refractivity contribution is 7.80. The van der Waals surface area contributed by atoms with Gasteiger partial charge in [-0.25, -0.2) is 0 Å². The Morgan fingerprint density at radius 3 is 2.37 bits per heavy atom. The van der Waals surface area contributed by atoms with Gasteiger partial charge >= 0.3 is 0 Å². The number of aromatic nitrogens is 2. The summed E-state index contributed by atoms with van der Waals surface area (Å²) < 4.78 is 6.00. The fraction of sp³-hybridized carbons (Fsp3) is 0.300. The number of fused-ring (bicyclic) bond motifs is 1. The molecule has 0 saturated carbocycles. The van der Waals surface area contributed by atoms with Crippen molar-refractivity contribution in [3.05, 3.63) is 89.7 Å². The second-order valence-corrected chi connectivity index (χ2v) is 10.2. The van der Waals surface area contributed by atoms with Gasteiger partial charge in [-0.2, -0.15) is 9.97 Å². The molecule has 0 unspecified atom stereocenters. The molecule has 0 spiro atoms. The van der Waals surface area contributed by atoms with E-state index in [1.54, 1.807) is 0 Å². The zero-order chi connectivity index (χ0) is 25.7. The maximum absolute atomic E-state index is 6.00. The summed E-state index contributed by atoms with van der Waals surface area (Å²) >= 11 is 5.62. The van der Waals surface area contributed by atoms with Crippen LogP contribution < -0.4 is 20.4 Å². The third-order valence-electron chi connectivity index (χ3n) is 7.20. The van der Waals surface area contributed by atoms with Crippen LogP contribution >= 0.6 is 12.2 Å². The number of thiocarbonyl (C=S) groups is 1. The molecule has 1 saturated heterocycles. The lowest BCUT2D eigenvalue weighted by molar-refractivity contribution is 0.516. The van der Waals surface area contributed by atoms with Crippen molar-refractivity contribution in [3.8, 4) is 11.3 Å². The van der Waals surface area contributed by atoms with Crippen LogP contribution in [0.2, 0.25) is 0 Å². The Balaban J connectivity index is 1.17. The van der Waals surface area contributed by atoms with Crippen LogP contribution in [0.3, 0.4) is 0 Å². The molecule has 2 aliphatic heterocycles. The highest BCUT2D eigenvalue weighted by Crippen LogP contribution is 2.28. The minimum Gasteiger partial charge on any atom is -0.459 e. The number of hydrogen-bond donors (Lipinski definition) is 2. The second kappa shape index (κ2) is 11.2. The average molecular weight is 525 g/mol. The predicted molar refractivity (Wildman–Crippen MR) is 156 cm³/mol. The molecule has 0 radical (unpaired) electrons. The van der Waals surface area contributed by atoms with Crippen molar-refractivity contribution in [1.82, 2.24) is 15.3 Å². The Morgan fingerprint density at radius 1 is 0.816 bits per heavy atom. The lowest BCUT2D eigenvalue weighted by Gasteiger charge is -2.32. The van der Waals surface area contributed by atoms with Crippen LogP contribution in [0.25, 0.3) is 11.3 Å². The number of nitrogens with zero attached hydrogens (tertiary/aromatic N) is 4. The van der Waals surface area contributed by atoms with Gasteiger partial charge in [0, 0.05) is 37.8 Å². The lowest BCUT2D eigenvalue weighted by atomic mass is 10.00. The second-order valence-electron chi connectivity index (χ2n) is 9.84. The maximum Gasteiger partial charge on any atom is 0.232 e. The summed E-state index contributed by atoms with van der Waals surface area (Å²) in [6.45, 7) is 4.28. The van der Waals surface area contributed by atoms with Gasteiger partial charge in [0.2, 0.25) is 5.95 Å². The fourth-order valence-corrected chi connectivity index (χ4v) is 5.32. The molecule has 1 fully saturated rings. The average Bonchev–Trinajstić information content (AvgIpc) is 3.46. The monoisotopic (exact) mass is 524 g/mol. The third kappa shape index (κ3) is 5.65. The number of anilines is 3. The van der Waals surface area contributed by atoms with Gasteiger partial charge in [0.05, 0.1) is 6.54 Å². The van der Waals surface area contributed by atoms with Gasteiger partial charge in [-0.15, -0.1) is 0 Å². The Labute approximate surface area is 228 Å². The largest absolute Gasteiger partial charge is 0.459 e. The molecule has 6 rings (SSSR count). The van der Waals surface area contributed by atoms with E-state index in [1.807, 2.05) is 42.5 Å². The summed E-state index contributed by atoms with van der Waals surface area (Å²) in [6, 6.07) is 24.8. The molecule has 8 heteroatoms. The summed E-state index contributed by atoms with van der Waals surface area (Å²) in [5, 5.41) is 6.94. The highest BCUT2D eigenvalue weighted by Gasteiger charge is 2.21. The lowest BCUT2D eigenvalue weighted by Crippen LogP contribution is -2.34. The van der Waals surface area contributed by atoms with E-state index in [9.17, 15) is 0 Å². The SMILES string of the molecule is S=C(NCc1ccc(-c2ccccc2)o1)Nc1nc(N2CCCCC2)cc(N2CCc3ccccc3C2)n1. The van der Waals surface area contributed by atoms with Crippen molar-refractivity contribution in [2.75, 3.05) is 34.8 Å². The van der Waals surface area contributed by atoms with E-state index in [-0.39, 0.29) is 0 Å². The van der Waals surface area contributed by atoms with E-state index in [0.717, 1.165) is 61.3 Å².